The van der Waals surface area contributed by atoms with Gasteiger partial charge in [0.25, 0.3) is 0 Å². The normalized spacial score (nSPS) is 22.5. The summed E-state index contributed by atoms with van der Waals surface area (Å²) in [6, 6.07) is 38.7. The number of hydrogen-bond donors (Lipinski definition) is 0. The standard InChI is InChI=1S/C33H19BrS/c34-26-17-16-19(21-12-7-11-20-18-8-3-6-15-27(18)35-32(20)21)28-29(26)31-23-10-2-5-14-25(23)33(31)24-13-4-1-9-22(24)30(28)33/h1-17,30-31H. The van der Waals surface area contributed by atoms with E-state index in [0.717, 1.165) is 0 Å². The molecule has 3 aliphatic carbocycles. The lowest BCUT2D eigenvalue weighted by molar-refractivity contribution is 0.332. The smallest absolute Gasteiger partial charge is 0.0433 e. The van der Waals surface area contributed by atoms with Gasteiger partial charge < -0.3 is 0 Å². The lowest BCUT2D eigenvalue weighted by atomic mass is 9.43. The van der Waals surface area contributed by atoms with E-state index in [1.54, 1.807) is 0 Å². The van der Waals surface area contributed by atoms with Crippen LogP contribution in [0.2, 0.25) is 0 Å². The molecule has 0 N–H and O–H groups in total. The van der Waals surface area contributed by atoms with E-state index < -0.39 is 0 Å². The Hall–Kier alpha value is -3.20. The maximum Gasteiger partial charge on any atom is 0.0433 e. The third kappa shape index (κ3) is 2.01. The molecule has 2 heteroatoms. The molecule has 1 heterocycles. The van der Waals surface area contributed by atoms with Crippen LogP contribution < -0.4 is 0 Å². The summed E-state index contributed by atoms with van der Waals surface area (Å²) in [5.74, 6) is 0.829. The second-order valence-corrected chi connectivity index (χ2v) is 12.0. The van der Waals surface area contributed by atoms with Crippen molar-refractivity contribution in [3.05, 3.63) is 141 Å². The van der Waals surface area contributed by atoms with Crippen molar-refractivity contribution in [2.24, 2.45) is 0 Å². The Balaban J connectivity index is 1.40. The van der Waals surface area contributed by atoms with E-state index in [1.807, 2.05) is 11.3 Å². The van der Waals surface area contributed by atoms with Gasteiger partial charge in [0.15, 0.2) is 0 Å². The van der Waals surface area contributed by atoms with Crippen molar-refractivity contribution in [3.63, 3.8) is 0 Å². The highest BCUT2D eigenvalue weighted by Gasteiger charge is 2.70. The minimum Gasteiger partial charge on any atom is -0.135 e. The molecule has 1 spiro atoms. The van der Waals surface area contributed by atoms with Crippen molar-refractivity contribution in [2.75, 3.05) is 0 Å². The van der Waals surface area contributed by atoms with Gasteiger partial charge in [0, 0.05) is 41.9 Å². The van der Waals surface area contributed by atoms with Crippen LogP contribution in [0, 0.1) is 0 Å². The molecular formula is C33H19BrS. The van der Waals surface area contributed by atoms with E-state index in [2.05, 4.69) is 119 Å². The third-order valence-electron chi connectivity index (χ3n) is 8.85. The molecular weight excluding hydrogens is 508 g/mol. The van der Waals surface area contributed by atoms with Gasteiger partial charge in [-0.1, -0.05) is 107 Å². The maximum absolute atomic E-state index is 4.01. The fourth-order valence-corrected chi connectivity index (χ4v) is 9.50. The lowest BCUT2D eigenvalue weighted by Gasteiger charge is -2.58. The van der Waals surface area contributed by atoms with Gasteiger partial charge in [-0.15, -0.1) is 11.3 Å². The molecule has 0 saturated carbocycles. The van der Waals surface area contributed by atoms with E-state index >= 15 is 0 Å². The molecule has 0 bridgehead atoms. The summed E-state index contributed by atoms with van der Waals surface area (Å²) < 4.78 is 4.01. The van der Waals surface area contributed by atoms with Crippen LogP contribution in [0.15, 0.2) is 108 Å². The van der Waals surface area contributed by atoms with Crippen LogP contribution in [0.5, 0.6) is 0 Å². The molecule has 0 aliphatic heterocycles. The van der Waals surface area contributed by atoms with Gasteiger partial charge in [-0.25, -0.2) is 0 Å². The van der Waals surface area contributed by atoms with Gasteiger partial charge in [0.05, 0.1) is 0 Å². The van der Waals surface area contributed by atoms with Gasteiger partial charge in [-0.05, 0) is 56.6 Å². The predicted molar refractivity (Wildman–Crippen MR) is 150 cm³/mol. The van der Waals surface area contributed by atoms with Gasteiger partial charge >= 0.3 is 0 Å². The zero-order chi connectivity index (χ0) is 22.9. The molecule has 35 heavy (non-hydrogen) atoms. The van der Waals surface area contributed by atoms with Crippen LogP contribution in [-0.4, -0.2) is 0 Å². The molecule has 164 valence electrons. The summed E-state index contributed by atoms with van der Waals surface area (Å²) in [7, 11) is 0. The molecule has 0 saturated heterocycles. The Bertz CT molecular complexity index is 1890. The largest absolute Gasteiger partial charge is 0.135 e. The number of fused-ring (bicyclic) bond motifs is 10. The highest BCUT2D eigenvalue weighted by atomic mass is 79.9. The van der Waals surface area contributed by atoms with Gasteiger partial charge in [0.2, 0.25) is 0 Å². The molecule has 5 aromatic carbocycles. The monoisotopic (exact) mass is 526 g/mol. The molecule has 3 unspecified atom stereocenters. The zero-order valence-electron chi connectivity index (χ0n) is 18.8. The van der Waals surface area contributed by atoms with E-state index in [-0.39, 0.29) is 5.41 Å². The number of benzene rings is 5. The second kappa shape index (κ2) is 6.32. The van der Waals surface area contributed by atoms with Crippen molar-refractivity contribution in [2.45, 2.75) is 17.3 Å². The number of halogens is 1. The fraction of sp³-hybridized carbons (Fsp3) is 0.0909. The fourth-order valence-electron chi connectivity index (χ4n) is 7.69. The van der Waals surface area contributed by atoms with Crippen LogP contribution >= 0.6 is 27.3 Å². The summed E-state index contributed by atoms with van der Waals surface area (Å²) in [4.78, 5) is 0. The number of rotatable bonds is 1. The first kappa shape index (κ1) is 19.0. The minimum absolute atomic E-state index is 0.0855. The van der Waals surface area contributed by atoms with Crippen LogP contribution in [0.1, 0.15) is 45.2 Å². The summed E-state index contributed by atoms with van der Waals surface area (Å²) in [5, 5.41) is 2.73. The van der Waals surface area contributed by atoms with Crippen molar-refractivity contribution < 1.29 is 0 Å². The molecule has 1 aromatic heterocycles. The van der Waals surface area contributed by atoms with Crippen LogP contribution in [0.4, 0.5) is 0 Å². The highest BCUT2D eigenvalue weighted by Crippen LogP contribution is 2.78. The second-order valence-electron chi connectivity index (χ2n) is 10.1. The molecule has 0 nitrogen and oxygen atoms in total. The predicted octanol–water partition coefficient (Wildman–Crippen LogP) is 9.37. The van der Waals surface area contributed by atoms with Crippen LogP contribution in [-0.2, 0) is 5.41 Å². The zero-order valence-corrected chi connectivity index (χ0v) is 21.2. The van der Waals surface area contributed by atoms with Crippen molar-refractivity contribution >= 4 is 47.4 Å². The summed E-state index contributed by atoms with van der Waals surface area (Å²) in [6.45, 7) is 0. The van der Waals surface area contributed by atoms with Crippen molar-refractivity contribution in [1.29, 1.82) is 0 Å². The van der Waals surface area contributed by atoms with Crippen LogP contribution in [0.25, 0.3) is 31.3 Å². The van der Waals surface area contributed by atoms with Crippen molar-refractivity contribution in [1.82, 2.24) is 0 Å². The Labute approximate surface area is 216 Å². The Morgan fingerprint density at radius 3 is 2.03 bits per heavy atom. The number of hydrogen-bond acceptors (Lipinski definition) is 1. The highest BCUT2D eigenvalue weighted by molar-refractivity contribution is 9.10. The molecule has 3 aliphatic rings. The third-order valence-corrected chi connectivity index (χ3v) is 10.8. The van der Waals surface area contributed by atoms with E-state index in [9.17, 15) is 0 Å². The SMILES string of the molecule is Brc1ccc(-c2cccc3c2sc2ccccc23)c2c1C1c3ccccc3C13c1ccccc1C23. The average Bonchev–Trinajstić information content (AvgIpc) is 3.36. The van der Waals surface area contributed by atoms with E-state index in [0.29, 0.717) is 11.8 Å². The van der Waals surface area contributed by atoms with Gasteiger partial charge in [-0.2, -0.15) is 0 Å². The Morgan fingerprint density at radius 1 is 0.571 bits per heavy atom. The lowest BCUT2D eigenvalue weighted by Crippen LogP contribution is -2.52. The number of thiophene rings is 1. The molecule has 9 rings (SSSR count). The van der Waals surface area contributed by atoms with E-state index in [4.69, 9.17) is 0 Å². The first-order valence-electron chi connectivity index (χ1n) is 12.2. The molecule has 0 fully saturated rings. The summed E-state index contributed by atoms with van der Waals surface area (Å²) in [5.41, 5.74) is 12.0. The van der Waals surface area contributed by atoms with Crippen molar-refractivity contribution in [3.8, 4) is 11.1 Å². The Morgan fingerprint density at radius 2 is 1.23 bits per heavy atom. The molecule has 6 aromatic rings. The Kier molecular flexibility index (Phi) is 3.44. The topological polar surface area (TPSA) is 0 Å². The molecule has 0 radical (unpaired) electrons. The summed E-state index contributed by atoms with van der Waals surface area (Å²) in [6.07, 6.45) is 0. The average molecular weight is 527 g/mol. The van der Waals surface area contributed by atoms with Gasteiger partial charge in [0.1, 0.15) is 0 Å². The van der Waals surface area contributed by atoms with Gasteiger partial charge in [-0.3, -0.25) is 0 Å². The first-order valence-corrected chi connectivity index (χ1v) is 13.8. The quantitative estimate of drug-likeness (QED) is 0.200. The molecule has 3 atom stereocenters. The molecule has 0 amide bonds. The minimum atomic E-state index is 0.0855. The maximum atomic E-state index is 4.01. The van der Waals surface area contributed by atoms with Crippen LogP contribution in [0.3, 0.4) is 0 Å². The van der Waals surface area contributed by atoms with E-state index in [1.165, 1.54) is 69.2 Å². The first-order chi connectivity index (χ1) is 17.3. The summed E-state index contributed by atoms with van der Waals surface area (Å²) >= 11 is 5.94.